The lowest BCUT2D eigenvalue weighted by molar-refractivity contribution is -0.119. The molecule has 0 saturated heterocycles. The van der Waals surface area contributed by atoms with Crippen molar-refractivity contribution in [1.29, 1.82) is 5.26 Å². The molecule has 0 fully saturated rings. The van der Waals surface area contributed by atoms with Gasteiger partial charge in [-0.3, -0.25) is 14.6 Å². The van der Waals surface area contributed by atoms with Gasteiger partial charge in [0.1, 0.15) is 11.9 Å². The number of fused-ring (bicyclic) bond motifs is 1. The van der Waals surface area contributed by atoms with E-state index in [2.05, 4.69) is 10.3 Å². The van der Waals surface area contributed by atoms with Crippen LogP contribution in [0.2, 0.25) is 0 Å². The number of nitriles is 1. The average Bonchev–Trinajstić information content (AvgIpc) is 3.31. The summed E-state index contributed by atoms with van der Waals surface area (Å²) >= 11 is 1.39. The van der Waals surface area contributed by atoms with Gasteiger partial charge in [0, 0.05) is 28.9 Å². The van der Waals surface area contributed by atoms with Gasteiger partial charge in [-0.15, -0.1) is 11.3 Å². The Morgan fingerprint density at radius 2 is 2.09 bits per heavy atom. The molecular formula is C24H21FN4O2S. The summed E-state index contributed by atoms with van der Waals surface area (Å²) in [7, 11) is 0. The van der Waals surface area contributed by atoms with E-state index in [0.717, 1.165) is 10.9 Å². The highest BCUT2D eigenvalue weighted by atomic mass is 32.1. The molecule has 0 aliphatic carbocycles. The zero-order chi connectivity index (χ0) is 22.8. The lowest BCUT2D eigenvalue weighted by Crippen LogP contribution is -2.47. The minimum absolute atomic E-state index is 0.120. The third kappa shape index (κ3) is 3.99. The number of hydrogen-bond donors (Lipinski definition) is 1. The van der Waals surface area contributed by atoms with Crippen LogP contribution in [0.25, 0.3) is 0 Å². The molecule has 0 saturated carbocycles. The van der Waals surface area contributed by atoms with Crippen molar-refractivity contribution in [3.8, 4) is 6.07 Å². The minimum atomic E-state index is -0.696. The number of nitrogens with one attached hydrogen (secondary N) is 1. The average molecular weight is 449 g/mol. The predicted octanol–water partition coefficient (Wildman–Crippen LogP) is 4.73. The van der Waals surface area contributed by atoms with Gasteiger partial charge in [0.05, 0.1) is 23.0 Å². The van der Waals surface area contributed by atoms with Crippen molar-refractivity contribution >= 4 is 28.8 Å². The van der Waals surface area contributed by atoms with Crippen molar-refractivity contribution in [2.45, 2.75) is 25.8 Å². The molecule has 2 amide bonds. The Balaban J connectivity index is 1.81. The fraction of sp³-hybridized carbons (Fsp3) is 0.250. The third-order valence-electron chi connectivity index (χ3n) is 5.38. The maximum absolute atomic E-state index is 13.7. The van der Waals surface area contributed by atoms with Crippen LogP contribution in [0.15, 0.2) is 54.2 Å². The molecule has 1 aliphatic heterocycles. The zero-order valence-corrected chi connectivity index (χ0v) is 18.4. The van der Waals surface area contributed by atoms with E-state index < -0.39 is 17.8 Å². The molecule has 0 radical (unpaired) electrons. The van der Waals surface area contributed by atoms with Crippen LogP contribution in [0.5, 0.6) is 0 Å². The van der Waals surface area contributed by atoms with Gasteiger partial charge < -0.3 is 10.2 Å². The second-order valence-corrected chi connectivity index (χ2v) is 8.98. The van der Waals surface area contributed by atoms with Crippen LogP contribution >= 0.6 is 11.3 Å². The molecule has 162 valence electrons. The van der Waals surface area contributed by atoms with Crippen molar-refractivity contribution in [3.63, 3.8) is 0 Å². The second-order valence-electron chi connectivity index (χ2n) is 8.06. The first-order valence-electron chi connectivity index (χ1n) is 10.2. The number of benzene rings is 2. The first-order chi connectivity index (χ1) is 15.4. The number of amides is 2. The summed E-state index contributed by atoms with van der Waals surface area (Å²) in [5.74, 6) is -1.61. The van der Waals surface area contributed by atoms with E-state index in [1.54, 1.807) is 46.9 Å². The summed E-state index contributed by atoms with van der Waals surface area (Å²) in [5.41, 5.74) is 2.98. The first kappa shape index (κ1) is 21.7. The number of rotatable bonds is 5. The number of aromatic nitrogens is 1. The maximum atomic E-state index is 13.7. The molecule has 0 spiro atoms. The molecular weight excluding hydrogens is 427 g/mol. The van der Waals surface area contributed by atoms with Crippen LogP contribution in [0.1, 0.15) is 52.2 Å². The predicted molar refractivity (Wildman–Crippen MR) is 120 cm³/mol. The number of nitrogens with zero attached hydrogens (tertiary/aromatic N) is 3. The number of thiazole rings is 1. The Morgan fingerprint density at radius 1 is 1.31 bits per heavy atom. The van der Waals surface area contributed by atoms with Gasteiger partial charge in [-0.1, -0.05) is 32.0 Å². The first-order valence-corrected chi connectivity index (χ1v) is 11.1. The Labute approximate surface area is 189 Å². The molecule has 2 atom stereocenters. The van der Waals surface area contributed by atoms with E-state index in [1.165, 1.54) is 23.5 Å². The van der Waals surface area contributed by atoms with Gasteiger partial charge in [0.25, 0.3) is 5.91 Å². The monoisotopic (exact) mass is 448 g/mol. The molecule has 1 aliphatic rings. The van der Waals surface area contributed by atoms with E-state index in [0.29, 0.717) is 23.4 Å². The lowest BCUT2D eigenvalue weighted by atomic mass is 9.81. The highest BCUT2D eigenvalue weighted by Crippen LogP contribution is 2.44. The minimum Gasteiger partial charge on any atom is -0.329 e. The van der Waals surface area contributed by atoms with E-state index in [1.807, 2.05) is 13.8 Å². The van der Waals surface area contributed by atoms with E-state index in [4.69, 9.17) is 5.26 Å². The summed E-state index contributed by atoms with van der Waals surface area (Å²) in [5, 5.41) is 11.9. The zero-order valence-electron chi connectivity index (χ0n) is 17.6. The molecule has 2 heterocycles. The third-order valence-corrected chi connectivity index (χ3v) is 6.23. The number of carbonyl (C=O) groups is 2. The fourth-order valence-corrected chi connectivity index (χ4v) is 4.83. The Bertz CT molecular complexity index is 1200. The number of halogens is 1. The van der Waals surface area contributed by atoms with Crippen LogP contribution < -0.4 is 5.32 Å². The summed E-state index contributed by atoms with van der Waals surface area (Å²) in [4.78, 5) is 33.8. The van der Waals surface area contributed by atoms with Crippen LogP contribution in [-0.4, -0.2) is 28.2 Å². The maximum Gasteiger partial charge on any atom is 0.254 e. The highest BCUT2D eigenvalue weighted by molar-refractivity contribution is 7.09. The van der Waals surface area contributed by atoms with Crippen LogP contribution in [0.4, 0.5) is 10.1 Å². The topological polar surface area (TPSA) is 86.1 Å². The van der Waals surface area contributed by atoms with Crippen molar-refractivity contribution < 1.29 is 14.0 Å². The molecule has 0 bridgehead atoms. The molecule has 8 heteroatoms. The number of hydrogen-bond acceptors (Lipinski definition) is 5. The molecule has 6 nitrogen and oxygen atoms in total. The summed E-state index contributed by atoms with van der Waals surface area (Å²) < 4.78 is 13.7. The number of carbonyl (C=O) groups excluding carboxylic acids is 2. The standard InChI is InChI=1S/C24H21FN4O2S/c1-14(2)12-29-22(20-11-27-13-32-20)21(17-5-3-4-6-18(17)24(29)31)23(30)28-16-7-8-19(25)15(9-16)10-26/h3-9,11,13-14,21-22H,12H2,1-2H3,(H,28,30)/t21-,22+/m0/s1. The summed E-state index contributed by atoms with van der Waals surface area (Å²) in [6.45, 7) is 4.53. The van der Waals surface area contributed by atoms with Crippen molar-refractivity contribution in [2.75, 3.05) is 11.9 Å². The molecule has 1 N–H and O–H groups in total. The van der Waals surface area contributed by atoms with Crippen LogP contribution in [0, 0.1) is 23.1 Å². The molecule has 4 rings (SSSR count). The van der Waals surface area contributed by atoms with Crippen molar-refractivity contribution in [2.24, 2.45) is 5.92 Å². The van der Waals surface area contributed by atoms with Gasteiger partial charge >= 0.3 is 0 Å². The quantitative estimate of drug-likeness (QED) is 0.611. The molecule has 2 aromatic carbocycles. The Morgan fingerprint density at radius 3 is 2.78 bits per heavy atom. The number of anilines is 1. The summed E-state index contributed by atoms with van der Waals surface area (Å²) in [6, 6.07) is 12.3. The second kappa shape index (κ2) is 8.89. The van der Waals surface area contributed by atoms with Gasteiger partial charge in [-0.2, -0.15) is 5.26 Å². The fourth-order valence-electron chi connectivity index (χ4n) is 4.07. The van der Waals surface area contributed by atoms with Crippen molar-refractivity contribution in [3.05, 3.63) is 81.6 Å². The molecule has 1 aromatic heterocycles. The van der Waals surface area contributed by atoms with E-state index in [-0.39, 0.29) is 23.3 Å². The summed E-state index contributed by atoms with van der Waals surface area (Å²) in [6.07, 6.45) is 1.69. The van der Waals surface area contributed by atoms with Crippen molar-refractivity contribution in [1.82, 2.24) is 9.88 Å². The smallest absolute Gasteiger partial charge is 0.254 e. The molecule has 0 unspecified atom stereocenters. The molecule has 3 aromatic rings. The Kier molecular flexibility index (Phi) is 6.01. The highest BCUT2D eigenvalue weighted by Gasteiger charge is 2.44. The van der Waals surface area contributed by atoms with Gasteiger partial charge in [0.2, 0.25) is 5.91 Å². The van der Waals surface area contributed by atoms with Gasteiger partial charge in [-0.25, -0.2) is 4.39 Å². The Hall–Kier alpha value is -3.57. The van der Waals surface area contributed by atoms with Crippen LogP contribution in [-0.2, 0) is 4.79 Å². The lowest BCUT2D eigenvalue weighted by Gasteiger charge is -2.41. The van der Waals surface area contributed by atoms with Crippen LogP contribution in [0.3, 0.4) is 0 Å². The van der Waals surface area contributed by atoms with E-state index >= 15 is 0 Å². The van der Waals surface area contributed by atoms with E-state index in [9.17, 15) is 14.0 Å². The normalized spacial score (nSPS) is 17.7. The SMILES string of the molecule is CC(C)CN1C(=O)c2ccccc2[C@H](C(=O)Nc2ccc(F)c(C#N)c2)[C@H]1c1cncs1. The molecule has 32 heavy (non-hydrogen) atoms. The largest absolute Gasteiger partial charge is 0.329 e. The van der Waals surface area contributed by atoms with Gasteiger partial charge in [-0.05, 0) is 35.7 Å². The van der Waals surface area contributed by atoms with Gasteiger partial charge in [0.15, 0.2) is 0 Å².